The molecule has 10 heteroatoms. The molecule has 1 aromatic heterocycles. The van der Waals surface area contributed by atoms with E-state index >= 15 is 0 Å². The Morgan fingerprint density at radius 2 is 2.03 bits per heavy atom. The van der Waals surface area contributed by atoms with E-state index in [0.29, 0.717) is 26.1 Å². The van der Waals surface area contributed by atoms with Crippen LogP contribution in [0.1, 0.15) is 11.1 Å². The summed E-state index contributed by atoms with van der Waals surface area (Å²) < 4.78 is 6.31. The molecule has 3 rings (SSSR count). The summed E-state index contributed by atoms with van der Waals surface area (Å²) in [5, 5.41) is 16.2. The van der Waals surface area contributed by atoms with Crippen molar-refractivity contribution < 1.29 is 14.5 Å². The van der Waals surface area contributed by atoms with Gasteiger partial charge in [-0.2, -0.15) is 0 Å². The van der Waals surface area contributed by atoms with Gasteiger partial charge in [-0.15, -0.1) is 11.3 Å². The minimum absolute atomic E-state index is 0.00786. The molecule has 150 valence electrons. The number of carbonyl (C=O) groups is 1. The molecule has 1 amide bonds. The fourth-order valence-electron chi connectivity index (χ4n) is 2.52. The second kappa shape index (κ2) is 8.89. The highest BCUT2D eigenvalue weighted by Gasteiger charge is 2.14. The molecule has 0 fully saturated rings. The van der Waals surface area contributed by atoms with Crippen LogP contribution >= 0.6 is 38.9 Å². The topological polar surface area (TPSA) is 94.4 Å². The van der Waals surface area contributed by atoms with Crippen LogP contribution in [-0.4, -0.2) is 22.4 Å². The summed E-state index contributed by atoms with van der Waals surface area (Å²) >= 11 is 10.9. The quantitative estimate of drug-likeness (QED) is 0.345. The average Bonchev–Trinajstić information content (AvgIpc) is 3.16. The number of non-ortho nitro benzene ring substituents is 1. The third-order valence-electron chi connectivity index (χ3n) is 4.05. The number of aryl methyl sites for hydroxylation is 1. The lowest BCUT2D eigenvalue weighted by molar-refractivity contribution is -0.384. The molecule has 0 atom stereocenters. The standard InChI is InChI=1S/C19H15BrClN3O4S/c1-10-7-15(17(20)11(2)18(10)21)28-8-16(25)23-19-22-14(9-29-19)12-3-5-13(6-4-12)24(26)27/h3-7,9H,8H2,1-2H3,(H,22,23,25). The van der Waals surface area contributed by atoms with Gasteiger partial charge in [0.15, 0.2) is 11.7 Å². The van der Waals surface area contributed by atoms with E-state index in [1.807, 2.05) is 13.8 Å². The molecule has 7 nitrogen and oxygen atoms in total. The van der Waals surface area contributed by atoms with Gasteiger partial charge in [0, 0.05) is 28.1 Å². The Morgan fingerprint density at radius 3 is 2.69 bits per heavy atom. The first kappa shape index (κ1) is 21.2. The van der Waals surface area contributed by atoms with Gasteiger partial charge in [-0.1, -0.05) is 11.6 Å². The highest BCUT2D eigenvalue weighted by Crippen LogP contribution is 2.35. The number of amides is 1. The molecule has 1 heterocycles. The maximum atomic E-state index is 12.2. The maximum absolute atomic E-state index is 12.2. The molecule has 3 aromatic rings. The largest absolute Gasteiger partial charge is 0.483 e. The van der Waals surface area contributed by atoms with Crippen molar-refractivity contribution in [2.24, 2.45) is 0 Å². The van der Waals surface area contributed by atoms with Crippen LogP contribution in [0.4, 0.5) is 10.8 Å². The van der Waals surface area contributed by atoms with Crippen LogP contribution in [0.3, 0.4) is 0 Å². The number of hydrogen-bond acceptors (Lipinski definition) is 6. The first-order valence-corrected chi connectivity index (χ1v) is 10.4. The Hall–Kier alpha value is -2.49. The lowest BCUT2D eigenvalue weighted by Gasteiger charge is -2.12. The Morgan fingerprint density at radius 1 is 1.34 bits per heavy atom. The zero-order valence-electron chi connectivity index (χ0n) is 15.4. The zero-order chi connectivity index (χ0) is 21.1. The van der Waals surface area contributed by atoms with Crippen LogP contribution in [0.15, 0.2) is 40.2 Å². The second-order valence-electron chi connectivity index (χ2n) is 6.12. The number of nitrogens with zero attached hydrogens (tertiary/aromatic N) is 2. The van der Waals surface area contributed by atoms with Crippen molar-refractivity contribution in [3.8, 4) is 17.0 Å². The molecule has 0 saturated heterocycles. The third kappa shape index (κ3) is 4.92. The van der Waals surface area contributed by atoms with E-state index in [4.69, 9.17) is 16.3 Å². The van der Waals surface area contributed by atoms with E-state index in [2.05, 4.69) is 26.2 Å². The van der Waals surface area contributed by atoms with E-state index in [1.54, 1.807) is 23.6 Å². The van der Waals surface area contributed by atoms with E-state index in [9.17, 15) is 14.9 Å². The minimum Gasteiger partial charge on any atom is -0.483 e. The predicted octanol–water partition coefficient (Wildman–Crippen LogP) is 5.77. The number of aromatic nitrogens is 1. The van der Waals surface area contributed by atoms with E-state index in [1.165, 1.54) is 23.5 Å². The molecule has 0 aliphatic rings. The number of halogens is 2. The van der Waals surface area contributed by atoms with Crippen molar-refractivity contribution in [3.05, 3.63) is 66.4 Å². The van der Waals surface area contributed by atoms with Crippen molar-refractivity contribution in [1.82, 2.24) is 4.98 Å². The molecule has 2 aromatic carbocycles. The van der Waals surface area contributed by atoms with Crippen LogP contribution in [0.5, 0.6) is 5.75 Å². The van der Waals surface area contributed by atoms with Crippen LogP contribution < -0.4 is 10.1 Å². The molecular formula is C19H15BrClN3O4S. The summed E-state index contributed by atoms with van der Waals surface area (Å²) in [6.45, 7) is 3.54. The number of thiazole rings is 1. The molecule has 0 spiro atoms. The molecule has 1 N–H and O–H groups in total. The normalized spacial score (nSPS) is 10.6. The number of ether oxygens (including phenoxy) is 1. The van der Waals surface area contributed by atoms with E-state index in [-0.39, 0.29) is 18.2 Å². The summed E-state index contributed by atoms with van der Waals surface area (Å²) in [4.78, 5) is 26.8. The third-order valence-corrected chi connectivity index (χ3v) is 6.38. The Balaban J connectivity index is 1.63. The van der Waals surface area contributed by atoms with E-state index in [0.717, 1.165) is 16.7 Å². The monoisotopic (exact) mass is 495 g/mol. The van der Waals surface area contributed by atoms with Crippen molar-refractivity contribution in [1.29, 1.82) is 0 Å². The highest BCUT2D eigenvalue weighted by atomic mass is 79.9. The Bertz CT molecular complexity index is 1090. The number of rotatable bonds is 6. The number of carbonyl (C=O) groups excluding carboxylic acids is 1. The smallest absolute Gasteiger partial charge is 0.269 e. The van der Waals surface area contributed by atoms with Gasteiger partial charge in [0.1, 0.15) is 5.75 Å². The summed E-state index contributed by atoms with van der Waals surface area (Å²) in [7, 11) is 0. The fourth-order valence-corrected chi connectivity index (χ4v) is 3.95. The number of nitro groups is 1. The number of nitrogens with one attached hydrogen (secondary N) is 1. The second-order valence-corrected chi connectivity index (χ2v) is 8.15. The molecular weight excluding hydrogens is 482 g/mol. The van der Waals surface area contributed by atoms with Gasteiger partial charge in [0.25, 0.3) is 11.6 Å². The van der Waals surface area contributed by atoms with Gasteiger partial charge in [-0.05, 0) is 59.1 Å². The Labute approximate surface area is 184 Å². The summed E-state index contributed by atoms with van der Waals surface area (Å²) in [5.74, 6) is 0.178. The lowest BCUT2D eigenvalue weighted by Crippen LogP contribution is -2.20. The zero-order valence-corrected chi connectivity index (χ0v) is 18.5. The highest BCUT2D eigenvalue weighted by molar-refractivity contribution is 9.10. The number of nitro benzene ring substituents is 1. The molecule has 0 unspecified atom stereocenters. The Kier molecular flexibility index (Phi) is 6.51. The van der Waals surface area contributed by atoms with Crippen LogP contribution in [-0.2, 0) is 4.79 Å². The minimum atomic E-state index is -0.460. The first-order chi connectivity index (χ1) is 13.8. The maximum Gasteiger partial charge on any atom is 0.269 e. The van der Waals surface area contributed by atoms with Crippen molar-refractivity contribution in [3.63, 3.8) is 0 Å². The SMILES string of the molecule is Cc1cc(OCC(=O)Nc2nc(-c3ccc([N+](=O)[O-])cc3)cs2)c(Br)c(C)c1Cl. The predicted molar refractivity (Wildman–Crippen MR) is 117 cm³/mol. The van der Waals surface area contributed by atoms with Gasteiger partial charge < -0.3 is 4.74 Å². The molecule has 0 saturated carbocycles. The summed E-state index contributed by atoms with van der Waals surface area (Å²) in [6.07, 6.45) is 0. The first-order valence-electron chi connectivity index (χ1n) is 8.34. The van der Waals surface area contributed by atoms with Crippen LogP contribution in [0, 0.1) is 24.0 Å². The fraction of sp³-hybridized carbons (Fsp3) is 0.158. The van der Waals surface area contributed by atoms with Crippen molar-refractivity contribution in [2.45, 2.75) is 13.8 Å². The molecule has 29 heavy (non-hydrogen) atoms. The summed E-state index contributed by atoms with van der Waals surface area (Å²) in [5.41, 5.74) is 3.05. The average molecular weight is 497 g/mol. The van der Waals surface area contributed by atoms with Gasteiger partial charge in [-0.3, -0.25) is 20.2 Å². The van der Waals surface area contributed by atoms with Crippen molar-refractivity contribution in [2.75, 3.05) is 11.9 Å². The summed E-state index contributed by atoms with van der Waals surface area (Å²) in [6, 6.07) is 7.82. The van der Waals surface area contributed by atoms with Crippen molar-refractivity contribution >= 4 is 55.6 Å². The van der Waals surface area contributed by atoms with Gasteiger partial charge in [0.2, 0.25) is 0 Å². The number of hydrogen-bond donors (Lipinski definition) is 1. The number of anilines is 1. The van der Waals surface area contributed by atoms with Gasteiger partial charge in [-0.25, -0.2) is 4.98 Å². The molecule has 0 bridgehead atoms. The van der Waals surface area contributed by atoms with Gasteiger partial charge in [0.05, 0.1) is 15.1 Å². The van der Waals surface area contributed by atoms with Crippen LogP contribution in [0.2, 0.25) is 5.02 Å². The van der Waals surface area contributed by atoms with Gasteiger partial charge >= 0.3 is 0 Å². The molecule has 0 aliphatic carbocycles. The van der Waals surface area contributed by atoms with E-state index < -0.39 is 4.92 Å². The molecule has 0 aliphatic heterocycles. The molecule has 0 radical (unpaired) electrons. The number of benzene rings is 2. The lowest BCUT2D eigenvalue weighted by atomic mass is 10.1. The van der Waals surface area contributed by atoms with Crippen LogP contribution in [0.25, 0.3) is 11.3 Å².